The lowest BCUT2D eigenvalue weighted by atomic mass is 10.2. The zero-order valence-electron chi connectivity index (χ0n) is 22.7. The Labute approximate surface area is 248 Å². The molecule has 216 valence electrons. The average Bonchev–Trinajstić information content (AvgIpc) is 3.51. The molecule has 5 rings (SSSR count). The van der Waals surface area contributed by atoms with E-state index in [1.54, 1.807) is 80.2 Å². The molecule has 0 spiro atoms. The molecule has 1 amide bonds. The number of aromatic nitrogens is 2. The van der Waals surface area contributed by atoms with Crippen LogP contribution in [0.25, 0.3) is 11.0 Å². The Bertz CT molecular complexity index is 1690. The SMILES string of the molecule is COc1cc(Nc2nc3ccccc3nc2N(c2cccc(NC(=O)CNCc3cccs3)c2)S(=O)O)cc(OC)c1. The predicted octanol–water partition coefficient (Wildman–Crippen LogP) is 5.46. The number of methoxy groups -OCH3 is 2. The summed E-state index contributed by atoms with van der Waals surface area (Å²) in [7, 11) is 3.09. The number of carbonyl (C=O) groups excluding carboxylic acids is 1. The second-order valence-corrected chi connectivity index (χ2v) is 10.8. The van der Waals surface area contributed by atoms with E-state index in [-0.39, 0.29) is 24.1 Å². The standard InChI is InChI=1S/C29H28N6O5S2/c1-39-22-14-20(15-23(16-22)40-2)32-28-29(34-26-11-4-3-10-25(26)33-28)35(42(37)38)21-8-5-7-19(13-21)31-27(36)18-30-17-24-9-6-12-41-24/h3-16,30H,17-18H2,1-2H3,(H,31,36)(H,32,33)(H,37,38). The van der Waals surface area contributed by atoms with Gasteiger partial charge in [0.25, 0.3) is 11.3 Å². The topological polar surface area (TPSA) is 138 Å². The molecular formula is C29H28N6O5S2. The quantitative estimate of drug-likeness (QED) is 0.137. The summed E-state index contributed by atoms with van der Waals surface area (Å²) in [4.78, 5) is 23.1. The van der Waals surface area contributed by atoms with Crippen molar-refractivity contribution in [2.45, 2.75) is 6.54 Å². The summed E-state index contributed by atoms with van der Waals surface area (Å²) in [6.07, 6.45) is 0. The first-order chi connectivity index (χ1) is 20.4. The van der Waals surface area contributed by atoms with Crippen molar-refractivity contribution >= 4 is 68.2 Å². The summed E-state index contributed by atoms with van der Waals surface area (Å²) < 4.78 is 35.2. The summed E-state index contributed by atoms with van der Waals surface area (Å²) in [5.41, 5.74) is 2.44. The number of benzene rings is 3. The summed E-state index contributed by atoms with van der Waals surface area (Å²) in [6.45, 7) is 0.684. The van der Waals surface area contributed by atoms with Crippen LogP contribution < -0.4 is 29.7 Å². The monoisotopic (exact) mass is 604 g/mol. The van der Waals surface area contributed by atoms with E-state index in [0.717, 1.165) is 9.18 Å². The molecule has 0 radical (unpaired) electrons. The molecule has 5 aromatic rings. The Kier molecular flexibility index (Phi) is 9.24. The molecule has 0 saturated carbocycles. The lowest BCUT2D eigenvalue weighted by Gasteiger charge is -2.23. The molecule has 0 bridgehead atoms. The molecule has 4 N–H and O–H groups in total. The normalized spacial score (nSPS) is 11.6. The number of para-hydroxylation sites is 2. The van der Waals surface area contributed by atoms with Crippen LogP contribution in [0.5, 0.6) is 11.5 Å². The molecule has 0 aliphatic rings. The molecule has 0 aliphatic heterocycles. The molecular weight excluding hydrogens is 576 g/mol. The number of fused-ring (bicyclic) bond motifs is 1. The predicted molar refractivity (Wildman–Crippen MR) is 166 cm³/mol. The third-order valence-electron chi connectivity index (χ3n) is 6.04. The number of hydrogen-bond acceptors (Lipinski definition) is 9. The number of nitrogens with zero attached hydrogens (tertiary/aromatic N) is 3. The molecule has 2 aromatic heterocycles. The summed E-state index contributed by atoms with van der Waals surface area (Å²) in [5, 5.41) is 11.1. The van der Waals surface area contributed by atoms with E-state index >= 15 is 0 Å². The highest BCUT2D eigenvalue weighted by Gasteiger charge is 2.23. The summed E-state index contributed by atoms with van der Waals surface area (Å²) in [6, 6.07) is 23.0. The van der Waals surface area contributed by atoms with Crippen LogP contribution in [0.3, 0.4) is 0 Å². The number of anilines is 5. The van der Waals surface area contributed by atoms with Crippen LogP contribution in [0.1, 0.15) is 4.88 Å². The first-order valence-corrected chi connectivity index (χ1v) is 14.7. The van der Waals surface area contributed by atoms with Crippen molar-refractivity contribution < 1.29 is 23.0 Å². The van der Waals surface area contributed by atoms with E-state index in [0.29, 0.717) is 46.1 Å². The first-order valence-electron chi connectivity index (χ1n) is 12.7. The Morgan fingerprint density at radius 1 is 0.929 bits per heavy atom. The van der Waals surface area contributed by atoms with Gasteiger partial charge >= 0.3 is 0 Å². The summed E-state index contributed by atoms with van der Waals surface area (Å²) in [5.74, 6) is 1.15. The first kappa shape index (κ1) is 29.0. The van der Waals surface area contributed by atoms with E-state index in [1.165, 1.54) is 0 Å². The van der Waals surface area contributed by atoms with Gasteiger partial charge in [-0.2, -0.15) is 0 Å². The van der Waals surface area contributed by atoms with Crippen molar-refractivity contribution in [2.75, 3.05) is 35.7 Å². The van der Waals surface area contributed by atoms with E-state index in [1.807, 2.05) is 29.6 Å². The molecule has 1 unspecified atom stereocenters. The Balaban J connectivity index is 1.46. The lowest BCUT2D eigenvalue weighted by Crippen LogP contribution is -2.27. The second-order valence-electron chi connectivity index (χ2n) is 8.92. The zero-order valence-corrected chi connectivity index (χ0v) is 24.4. The van der Waals surface area contributed by atoms with Gasteiger partial charge in [-0.3, -0.25) is 9.35 Å². The van der Waals surface area contributed by atoms with Crippen LogP contribution >= 0.6 is 11.3 Å². The fraction of sp³-hybridized carbons (Fsp3) is 0.138. The van der Waals surface area contributed by atoms with Gasteiger partial charge in [-0.1, -0.05) is 24.3 Å². The Hall–Kier alpha value is -4.56. The second kappa shape index (κ2) is 13.4. The number of amides is 1. The van der Waals surface area contributed by atoms with Crippen LogP contribution in [0.4, 0.5) is 28.7 Å². The minimum absolute atomic E-state index is 0.0948. The highest BCUT2D eigenvalue weighted by Crippen LogP contribution is 2.36. The van der Waals surface area contributed by atoms with E-state index in [9.17, 15) is 13.6 Å². The summed E-state index contributed by atoms with van der Waals surface area (Å²) >= 11 is -0.945. The van der Waals surface area contributed by atoms with Gasteiger partial charge in [0.05, 0.1) is 37.5 Å². The van der Waals surface area contributed by atoms with Gasteiger partial charge in [-0.25, -0.2) is 18.5 Å². The highest BCUT2D eigenvalue weighted by molar-refractivity contribution is 7.81. The van der Waals surface area contributed by atoms with E-state index in [2.05, 4.69) is 16.0 Å². The van der Waals surface area contributed by atoms with Crippen LogP contribution in [-0.2, 0) is 22.6 Å². The third kappa shape index (κ3) is 7.01. The van der Waals surface area contributed by atoms with Gasteiger partial charge in [0.1, 0.15) is 11.5 Å². The molecule has 11 nitrogen and oxygen atoms in total. The number of thiophene rings is 1. The van der Waals surface area contributed by atoms with E-state index in [4.69, 9.17) is 19.4 Å². The maximum atomic E-state index is 12.8. The molecule has 1 atom stereocenters. The number of carbonyl (C=O) groups is 1. The molecule has 42 heavy (non-hydrogen) atoms. The largest absolute Gasteiger partial charge is 0.497 e. The number of ether oxygens (including phenoxy) is 2. The van der Waals surface area contributed by atoms with Crippen LogP contribution in [0, 0.1) is 0 Å². The smallest absolute Gasteiger partial charge is 0.268 e. The van der Waals surface area contributed by atoms with Gasteiger partial charge < -0.3 is 25.4 Å². The number of rotatable bonds is 12. The Morgan fingerprint density at radius 3 is 2.33 bits per heavy atom. The van der Waals surface area contributed by atoms with Gasteiger partial charge in [0.2, 0.25) is 5.91 Å². The fourth-order valence-corrected chi connectivity index (χ4v) is 5.39. The van der Waals surface area contributed by atoms with Crippen molar-refractivity contribution in [3.63, 3.8) is 0 Å². The maximum absolute atomic E-state index is 12.8. The van der Waals surface area contributed by atoms with Crippen LogP contribution in [0.15, 0.2) is 84.2 Å². The fourth-order valence-electron chi connectivity index (χ4n) is 4.15. The van der Waals surface area contributed by atoms with Gasteiger partial charge in [0, 0.05) is 41.0 Å². The molecule has 0 saturated heterocycles. The molecule has 0 fully saturated rings. The average molecular weight is 605 g/mol. The van der Waals surface area contributed by atoms with Crippen molar-refractivity contribution in [2.24, 2.45) is 0 Å². The molecule has 0 aliphatic carbocycles. The number of hydrogen-bond donors (Lipinski definition) is 4. The zero-order chi connectivity index (χ0) is 29.5. The Morgan fingerprint density at radius 2 is 1.67 bits per heavy atom. The van der Waals surface area contributed by atoms with Crippen LogP contribution in [0.2, 0.25) is 0 Å². The lowest BCUT2D eigenvalue weighted by molar-refractivity contribution is -0.115. The van der Waals surface area contributed by atoms with Crippen molar-refractivity contribution in [3.05, 3.63) is 89.1 Å². The van der Waals surface area contributed by atoms with E-state index < -0.39 is 11.3 Å². The van der Waals surface area contributed by atoms with Gasteiger partial charge in [0.15, 0.2) is 11.6 Å². The van der Waals surface area contributed by atoms with Gasteiger partial charge in [-0.05, 0) is 41.8 Å². The minimum atomic E-state index is -2.55. The minimum Gasteiger partial charge on any atom is -0.497 e. The molecule has 2 heterocycles. The molecule has 3 aromatic carbocycles. The van der Waals surface area contributed by atoms with Crippen molar-refractivity contribution in [1.82, 2.24) is 15.3 Å². The van der Waals surface area contributed by atoms with Crippen molar-refractivity contribution in [3.8, 4) is 11.5 Å². The van der Waals surface area contributed by atoms with Crippen LogP contribution in [-0.4, -0.2) is 45.4 Å². The third-order valence-corrected chi connectivity index (χ3v) is 7.62. The van der Waals surface area contributed by atoms with Gasteiger partial charge in [-0.15, -0.1) is 11.3 Å². The maximum Gasteiger partial charge on any atom is 0.268 e. The number of nitrogens with one attached hydrogen (secondary N) is 3. The highest BCUT2D eigenvalue weighted by atomic mass is 32.2. The van der Waals surface area contributed by atoms with Crippen molar-refractivity contribution in [1.29, 1.82) is 0 Å². The molecule has 13 heteroatoms.